The molecule has 1 aromatic rings. The number of likely N-dealkylation sites (tertiary alicyclic amines) is 1. The van der Waals surface area contributed by atoms with Crippen LogP contribution in [0.4, 0.5) is 5.95 Å². The lowest BCUT2D eigenvalue weighted by atomic mass is 9.81. The van der Waals surface area contributed by atoms with Crippen LogP contribution in [0.5, 0.6) is 0 Å². The van der Waals surface area contributed by atoms with Crippen molar-refractivity contribution in [2.45, 2.75) is 64.7 Å². The number of nitrogens with zero attached hydrogens (tertiary/aromatic N) is 4. The van der Waals surface area contributed by atoms with Crippen molar-refractivity contribution < 1.29 is 14.1 Å². The lowest BCUT2D eigenvalue weighted by Crippen LogP contribution is -2.42. The van der Waals surface area contributed by atoms with Gasteiger partial charge in [-0.1, -0.05) is 0 Å². The Bertz CT molecular complexity index is 649. The number of carbonyl (C=O) groups excluding carboxylic acids is 1. The van der Waals surface area contributed by atoms with E-state index in [2.05, 4.69) is 9.97 Å². The number of hydrogen-bond acceptors (Lipinski definition) is 6. The summed E-state index contributed by atoms with van der Waals surface area (Å²) in [4.78, 5) is 24.6. The van der Waals surface area contributed by atoms with Crippen molar-refractivity contribution in [2.75, 3.05) is 25.0 Å². The third kappa shape index (κ3) is 3.57. The summed E-state index contributed by atoms with van der Waals surface area (Å²) >= 11 is 0. The average Bonchev–Trinajstić information content (AvgIpc) is 3.10. The van der Waals surface area contributed by atoms with Crippen LogP contribution >= 0.6 is 0 Å². The Balaban J connectivity index is 1.65. The van der Waals surface area contributed by atoms with Crippen LogP contribution in [-0.4, -0.2) is 65.3 Å². The highest BCUT2D eigenvalue weighted by molar-refractivity contribution is 6.61. The van der Waals surface area contributed by atoms with Gasteiger partial charge in [0.15, 0.2) is 0 Å². The average molecular weight is 360 g/mol. The minimum atomic E-state index is -0.456. The number of aromatic nitrogens is 2. The quantitative estimate of drug-likeness (QED) is 0.753. The van der Waals surface area contributed by atoms with Crippen molar-refractivity contribution in [3.05, 3.63) is 12.4 Å². The Morgan fingerprint density at radius 1 is 1.27 bits per heavy atom. The van der Waals surface area contributed by atoms with Crippen molar-refractivity contribution in [2.24, 2.45) is 0 Å². The van der Waals surface area contributed by atoms with Crippen LogP contribution in [0, 0.1) is 0 Å². The van der Waals surface area contributed by atoms with Crippen molar-refractivity contribution in [3.63, 3.8) is 0 Å². The number of rotatable bonds is 4. The molecule has 142 valence electrons. The number of anilines is 1. The van der Waals surface area contributed by atoms with E-state index in [1.807, 2.05) is 44.5 Å². The number of amides is 1. The molecule has 2 fully saturated rings. The fourth-order valence-corrected chi connectivity index (χ4v) is 3.47. The molecule has 0 radical (unpaired) electrons. The monoisotopic (exact) mass is 360 g/mol. The standard InChI is InChI=1S/C18H29BN4O3/c1-13(24)23-9-7-8-15(23)12-22(6)16-20-10-14(11-21-16)19-25-17(2,3)18(4,5)26-19/h10-11,15H,7-9,12H2,1-6H3. The van der Waals surface area contributed by atoms with E-state index < -0.39 is 7.12 Å². The molecule has 2 saturated heterocycles. The van der Waals surface area contributed by atoms with Gasteiger partial charge in [0, 0.05) is 51.0 Å². The van der Waals surface area contributed by atoms with Crippen molar-refractivity contribution in [3.8, 4) is 0 Å². The zero-order valence-corrected chi connectivity index (χ0v) is 16.7. The molecule has 1 amide bonds. The first-order valence-electron chi connectivity index (χ1n) is 9.26. The molecule has 0 aromatic carbocycles. The van der Waals surface area contributed by atoms with Gasteiger partial charge in [0.05, 0.1) is 11.2 Å². The predicted molar refractivity (Wildman–Crippen MR) is 101 cm³/mol. The van der Waals surface area contributed by atoms with Crippen molar-refractivity contribution in [1.29, 1.82) is 0 Å². The van der Waals surface area contributed by atoms with Gasteiger partial charge in [-0.25, -0.2) is 9.97 Å². The number of hydrogen-bond donors (Lipinski definition) is 0. The predicted octanol–water partition coefficient (Wildman–Crippen LogP) is 1.22. The maximum Gasteiger partial charge on any atom is 0.498 e. The van der Waals surface area contributed by atoms with Crippen LogP contribution in [0.2, 0.25) is 0 Å². The van der Waals surface area contributed by atoms with Crippen LogP contribution in [0.1, 0.15) is 47.5 Å². The molecule has 0 aliphatic carbocycles. The van der Waals surface area contributed by atoms with Crippen LogP contribution in [0.25, 0.3) is 0 Å². The molecular formula is C18H29BN4O3. The maximum atomic E-state index is 11.7. The minimum Gasteiger partial charge on any atom is -0.399 e. The molecule has 8 heteroatoms. The van der Waals surface area contributed by atoms with E-state index in [0.29, 0.717) is 5.95 Å². The van der Waals surface area contributed by atoms with E-state index in [-0.39, 0.29) is 23.2 Å². The fourth-order valence-electron chi connectivity index (χ4n) is 3.47. The lowest BCUT2D eigenvalue weighted by molar-refractivity contribution is -0.129. The molecule has 1 unspecified atom stereocenters. The minimum absolute atomic E-state index is 0.137. The van der Waals surface area contributed by atoms with Gasteiger partial charge in [-0.3, -0.25) is 4.79 Å². The van der Waals surface area contributed by atoms with Gasteiger partial charge in [-0.05, 0) is 40.5 Å². The van der Waals surface area contributed by atoms with Gasteiger partial charge in [0.1, 0.15) is 0 Å². The summed E-state index contributed by atoms with van der Waals surface area (Å²) in [7, 11) is 1.50. The molecule has 0 N–H and O–H groups in total. The molecule has 0 spiro atoms. The van der Waals surface area contributed by atoms with Gasteiger partial charge in [0.2, 0.25) is 11.9 Å². The second-order valence-corrected chi connectivity index (χ2v) is 8.29. The summed E-state index contributed by atoms with van der Waals surface area (Å²) in [6, 6.07) is 0.226. The Morgan fingerprint density at radius 3 is 2.38 bits per heavy atom. The molecule has 0 bridgehead atoms. The summed E-state index contributed by atoms with van der Waals surface area (Å²) in [6.07, 6.45) is 5.60. The highest BCUT2D eigenvalue weighted by Gasteiger charge is 2.52. The third-order valence-corrected chi connectivity index (χ3v) is 5.79. The molecule has 0 saturated carbocycles. The maximum absolute atomic E-state index is 11.7. The Hall–Kier alpha value is -1.67. The fraction of sp³-hybridized carbons (Fsp3) is 0.722. The SMILES string of the molecule is CC(=O)N1CCCC1CN(C)c1ncc(B2OC(C)(C)C(C)(C)O2)cn1. The van der Waals surface area contributed by atoms with Crippen LogP contribution in [0.3, 0.4) is 0 Å². The van der Waals surface area contributed by atoms with E-state index in [1.165, 1.54) is 0 Å². The lowest BCUT2D eigenvalue weighted by Gasteiger charge is -2.32. The van der Waals surface area contributed by atoms with Gasteiger partial charge >= 0.3 is 7.12 Å². The summed E-state index contributed by atoms with van der Waals surface area (Å²) in [6.45, 7) is 11.3. The first-order chi connectivity index (χ1) is 12.1. The van der Waals surface area contributed by atoms with Crippen LogP contribution in [0.15, 0.2) is 12.4 Å². The second-order valence-electron chi connectivity index (χ2n) is 8.29. The zero-order chi connectivity index (χ0) is 19.1. The molecule has 3 rings (SSSR count). The van der Waals surface area contributed by atoms with Crippen molar-refractivity contribution in [1.82, 2.24) is 14.9 Å². The van der Waals surface area contributed by atoms with E-state index in [0.717, 1.165) is 31.4 Å². The Morgan fingerprint density at radius 2 is 1.85 bits per heavy atom. The van der Waals surface area contributed by atoms with Gasteiger partial charge in [0.25, 0.3) is 0 Å². The Kier molecular flexibility index (Phi) is 5.01. The Labute approximate surface area is 156 Å². The molecular weight excluding hydrogens is 331 g/mol. The molecule has 1 atom stereocenters. The van der Waals surface area contributed by atoms with Crippen molar-refractivity contribution >= 4 is 24.4 Å². The zero-order valence-electron chi connectivity index (χ0n) is 16.7. The van der Waals surface area contributed by atoms with E-state index in [4.69, 9.17) is 9.31 Å². The first-order valence-corrected chi connectivity index (χ1v) is 9.26. The van der Waals surface area contributed by atoms with Gasteiger partial charge in [-0.15, -0.1) is 0 Å². The molecule has 1 aromatic heterocycles. The summed E-state index contributed by atoms with van der Waals surface area (Å²) in [5.74, 6) is 0.776. The second kappa shape index (κ2) is 6.81. The molecule has 7 nitrogen and oxygen atoms in total. The summed E-state index contributed by atoms with van der Waals surface area (Å²) in [5, 5.41) is 0. The summed E-state index contributed by atoms with van der Waals surface area (Å²) in [5.41, 5.74) is 0.0457. The van der Waals surface area contributed by atoms with Gasteiger partial charge < -0.3 is 19.1 Å². The summed E-state index contributed by atoms with van der Waals surface area (Å²) < 4.78 is 12.1. The number of likely N-dealkylation sites (N-methyl/N-ethyl adjacent to an activating group) is 1. The molecule has 2 aliphatic rings. The molecule has 3 heterocycles. The third-order valence-electron chi connectivity index (χ3n) is 5.79. The van der Waals surface area contributed by atoms with Gasteiger partial charge in [-0.2, -0.15) is 0 Å². The van der Waals surface area contributed by atoms with E-state index in [9.17, 15) is 4.79 Å². The van der Waals surface area contributed by atoms with E-state index in [1.54, 1.807) is 19.3 Å². The molecule has 2 aliphatic heterocycles. The largest absolute Gasteiger partial charge is 0.498 e. The van der Waals surface area contributed by atoms with Crippen LogP contribution < -0.4 is 10.4 Å². The highest BCUT2D eigenvalue weighted by atomic mass is 16.7. The van der Waals surface area contributed by atoms with E-state index >= 15 is 0 Å². The topological polar surface area (TPSA) is 67.8 Å². The number of carbonyl (C=O) groups is 1. The van der Waals surface area contributed by atoms with Crippen LogP contribution in [-0.2, 0) is 14.1 Å². The molecule has 26 heavy (non-hydrogen) atoms. The normalized spacial score (nSPS) is 24.2. The first kappa shape index (κ1) is 19.1. The highest BCUT2D eigenvalue weighted by Crippen LogP contribution is 2.36. The smallest absolute Gasteiger partial charge is 0.399 e.